The second-order valence-electron chi connectivity index (χ2n) is 7.04. The van der Waals surface area contributed by atoms with E-state index in [2.05, 4.69) is 19.2 Å². The molecule has 144 valence electrons. The predicted molar refractivity (Wildman–Crippen MR) is 105 cm³/mol. The number of aromatic nitrogens is 4. The van der Waals surface area contributed by atoms with Crippen molar-refractivity contribution in [2.24, 2.45) is 0 Å². The van der Waals surface area contributed by atoms with E-state index in [0.717, 1.165) is 30.2 Å². The summed E-state index contributed by atoms with van der Waals surface area (Å²) in [7, 11) is 0. The van der Waals surface area contributed by atoms with Gasteiger partial charge in [0.1, 0.15) is 10.7 Å². The summed E-state index contributed by atoms with van der Waals surface area (Å²) in [5.74, 6) is 0.690. The van der Waals surface area contributed by atoms with Gasteiger partial charge in [-0.05, 0) is 36.5 Å². The van der Waals surface area contributed by atoms with Crippen molar-refractivity contribution in [3.63, 3.8) is 0 Å². The standard InChI is InChI=1S/C18H18N6O3S/c25-16-14-13(20-18(27)24(16)11-4-5-11)15(28-21-14)17(26)23-9-7-22(8-10-23)12-3-1-2-6-19-12/h1-3,6,11H,4-5,7-10H2,(H,20,27). The number of carbonyl (C=O) groups excluding carboxylic acids is 1. The Labute approximate surface area is 163 Å². The number of aromatic amines is 1. The molecule has 3 aromatic rings. The van der Waals surface area contributed by atoms with Crippen LogP contribution in [0.4, 0.5) is 5.82 Å². The second kappa shape index (κ2) is 6.55. The third-order valence-corrected chi connectivity index (χ3v) is 6.05. The van der Waals surface area contributed by atoms with Crippen LogP contribution < -0.4 is 16.1 Å². The number of pyridine rings is 1. The number of hydrogen-bond acceptors (Lipinski definition) is 7. The molecule has 4 heterocycles. The molecule has 1 aliphatic heterocycles. The first-order valence-electron chi connectivity index (χ1n) is 9.23. The van der Waals surface area contributed by atoms with E-state index in [1.54, 1.807) is 11.1 Å². The summed E-state index contributed by atoms with van der Waals surface area (Å²) in [4.78, 5) is 49.2. The Hall–Kier alpha value is -3.01. The summed E-state index contributed by atoms with van der Waals surface area (Å²) in [5.41, 5.74) is -0.438. The van der Waals surface area contributed by atoms with Gasteiger partial charge in [0.05, 0.1) is 5.52 Å². The smallest absolute Gasteiger partial charge is 0.329 e. The fourth-order valence-corrected chi connectivity index (χ4v) is 4.36. The van der Waals surface area contributed by atoms with Crippen LogP contribution in [0.3, 0.4) is 0 Å². The van der Waals surface area contributed by atoms with Crippen molar-refractivity contribution in [3.8, 4) is 0 Å². The van der Waals surface area contributed by atoms with E-state index in [9.17, 15) is 14.4 Å². The normalized spacial score (nSPS) is 17.3. The Morgan fingerprint density at radius 1 is 1.14 bits per heavy atom. The lowest BCUT2D eigenvalue weighted by atomic mass is 10.2. The molecule has 1 amide bonds. The highest BCUT2D eigenvalue weighted by atomic mass is 32.1. The molecule has 5 rings (SSSR count). The molecular formula is C18H18N6O3S. The fourth-order valence-electron chi connectivity index (χ4n) is 3.56. The van der Waals surface area contributed by atoms with Crippen LogP contribution in [-0.4, -0.2) is 55.9 Å². The lowest BCUT2D eigenvalue weighted by Crippen LogP contribution is -2.49. The average molecular weight is 398 g/mol. The number of piperazine rings is 1. The number of fused-ring (bicyclic) bond motifs is 1. The van der Waals surface area contributed by atoms with Gasteiger partial charge in [0, 0.05) is 38.4 Å². The van der Waals surface area contributed by atoms with Gasteiger partial charge >= 0.3 is 5.69 Å². The molecule has 2 fully saturated rings. The van der Waals surface area contributed by atoms with Gasteiger partial charge in [0.15, 0.2) is 5.52 Å². The summed E-state index contributed by atoms with van der Waals surface area (Å²) >= 11 is 0.975. The first kappa shape index (κ1) is 17.1. The van der Waals surface area contributed by atoms with E-state index in [-0.39, 0.29) is 23.0 Å². The van der Waals surface area contributed by atoms with Crippen molar-refractivity contribution < 1.29 is 4.79 Å². The Balaban J connectivity index is 1.40. The van der Waals surface area contributed by atoms with Gasteiger partial charge < -0.3 is 14.8 Å². The highest BCUT2D eigenvalue weighted by molar-refractivity contribution is 7.09. The van der Waals surface area contributed by atoms with E-state index >= 15 is 0 Å². The summed E-state index contributed by atoms with van der Waals surface area (Å²) in [6, 6.07) is 5.72. The molecule has 1 aliphatic carbocycles. The van der Waals surface area contributed by atoms with Crippen LogP contribution in [0.5, 0.6) is 0 Å². The number of H-pyrrole nitrogens is 1. The highest BCUT2D eigenvalue weighted by Crippen LogP contribution is 2.32. The molecule has 0 atom stereocenters. The third-order valence-electron chi connectivity index (χ3n) is 5.21. The zero-order valence-electron chi connectivity index (χ0n) is 15.0. The largest absolute Gasteiger partial charge is 0.353 e. The van der Waals surface area contributed by atoms with Gasteiger partial charge in [-0.15, -0.1) is 0 Å². The SMILES string of the molecule is O=C(c1snc2c(=O)n(C3CC3)c(=O)[nH]c12)N1CCN(c2ccccn2)CC1. The lowest BCUT2D eigenvalue weighted by molar-refractivity contribution is 0.0753. The quantitative estimate of drug-likeness (QED) is 0.701. The minimum Gasteiger partial charge on any atom is -0.353 e. The number of nitrogens with one attached hydrogen (secondary N) is 1. The van der Waals surface area contributed by atoms with E-state index < -0.39 is 11.2 Å². The molecule has 9 nitrogen and oxygen atoms in total. The van der Waals surface area contributed by atoms with Crippen molar-refractivity contribution in [2.45, 2.75) is 18.9 Å². The molecule has 0 bridgehead atoms. The molecule has 0 spiro atoms. The second-order valence-corrected chi connectivity index (χ2v) is 7.81. The minimum atomic E-state index is -0.464. The number of anilines is 1. The minimum absolute atomic E-state index is 0.0406. The number of hydrogen-bond donors (Lipinski definition) is 1. The number of amides is 1. The molecular weight excluding hydrogens is 380 g/mol. The van der Waals surface area contributed by atoms with Crippen molar-refractivity contribution in [2.75, 3.05) is 31.1 Å². The van der Waals surface area contributed by atoms with E-state index in [1.807, 2.05) is 18.2 Å². The third kappa shape index (κ3) is 2.80. The molecule has 0 unspecified atom stereocenters. The van der Waals surface area contributed by atoms with Gasteiger partial charge in [0.25, 0.3) is 11.5 Å². The maximum absolute atomic E-state index is 13.0. The Morgan fingerprint density at radius 2 is 1.93 bits per heavy atom. The maximum atomic E-state index is 13.0. The Morgan fingerprint density at radius 3 is 2.61 bits per heavy atom. The molecule has 1 saturated carbocycles. The van der Waals surface area contributed by atoms with Crippen LogP contribution in [0.25, 0.3) is 11.0 Å². The average Bonchev–Trinajstić information content (AvgIpc) is 3.47. The monoisotopic (exact) mass is 398 g/mol. The summed E-state index contributed by atoms with van der Waals surface area (Å²) in [6.45, 7) is 2.42. The molecule has 28 heavy (non-hydrogen) atoms. The van der Waals surface area contributed by atoms with Crippen LogP contribution in [0, 0.1) is 0 Å². The predicted octanol–water partition coefficient (Wildman–Crippen LogP) is 0.839. The van der Waals surface area contributed by atoms with Crippen LogP contribution in [0.1, 0.15) is 28.6 Å². The Bertz CT molecular complexity index is 1160. The van der Waals surface area contributed by atoms with E-state index in [0.29, 0.717) is 31.1 Å². The molecule has 0 aromatic carbocycles. The van der Waals surface area contributed by atoms with Gasteiger partial charge in [-0.2, -0.15) is 4.37 Å². The lowest BCUT2D eigenvalue weighted by Gasteiger charge is -2.35. The van der Waals surface area contributed by atoms with Crippen LogP contribution >= 0.6 is 11.5 Å². The molecule has 1 saturated heterocycles. The molecule has 0 radical (unpaired) electrons. The number of rotatable bonds is 3. The first-order valence-corrected chi connectivity index (χ1v) is 10.0. The number of nitrogens with zero attached hydrogens (tertiary/aromatic N) is 5. The Kier molecular flexibility index (Phi) is 4.00. The first-order chi connectivity index (χ1) is 13.6. The van der Waals surface area contributed by atoms with Crippen molar-refractivity contribution in [3.05, 3.63) is 50.1 Å². The zero-order valence-corrected chi connectivity index (χ0v) is 15.8. The van der Waals surface area contributed by atoms with Gasteiger partial charge in [-0.25, -0.2) is 9.78 Å². The van der Waals surface area contributed by atoms with Gasteiger partial charge in [0.2, 0.25) is 0 Å². The van der Waals surface area contributed by atoms with Gasteiger partial charge in [-0.1, -0.05) is 6.07 Å². The summed E-state index contributed by atoms with van der Waals surface area (Å²) < 4.78 is 5.40. The van der Waals surface area contributed by atoms with Crippen LogP contribution in [0.15, 0.2) is 34.0 Å². The van der Waals surface area contributed by atoms with E-state index in [1.165, 1.54) is 4.57 Å². The molecule has 3 aromatic heterocycles. The molecule has 2 aliphatic rings. The van der Waals surface area contributed by atoms with Crippen molar-refractivity contribution in [1.29, 1.82) is 0 Å². The summed E-state index contributed by atoms with van der Waals surface area (Å²) in [5, 5.41) is 0. The zero-order chi connectivity index (χ0) is 19.3. The molecule has 10 heteroatoms. The number of carbonyl (C=O) groups is 1. The van der Waals surface area contributed by atoms with Crippen molar-refractivity contribution >= 4 is 34.3 Å². The van der Waals surface area contributed by atoms with Crippen LogP contribution in [-0.2, 0) is 0 Å². The van der Waals surface area contributed by atoms with Gasteiger partial charge in [-0.3, -0.25) is 14.2 Å². The maximum Gasteiger partial charge on any atom is 0.329 e. The highest BCUT2D eigenvalue weighted by Gasteiger charge is 2.31. The topological polar surface area (TPSA) is 104 Å². The fraction of sp³-hybridized carbons (Fsp3) is 0.389. The van der Waals surface area contributed by atoms with E-state index in [4.69, 9.17) is 0 Å². The van der Waals surface area contributed by atoms with Crippen molar-refractivity contribution in [1.82, 2.24) is 23.8 Å². The molecule has 1 N–H and O–H groups in total. The summed E-state index contributed by atoms with van der Waals surface area (Å²) in [6.07, 6.45) is 3.40. The van der Waals surface area contributed by atoms with Crippen LogP contribution in [0.2, 0.25) is 0 Å².